The number of nitrogens with zero attached hydrogens (tertiary/aromatic N) is 7. The average molecular weight is 530 g/mol. The molecule has 5 rings (SSSR count). The Bertz CT molecular complexity index is 1570. The van der Waals surface area contributed by atoms with Gasteiger partial charge in [0.2, 0.25) is 10.3 Å². The Balaban J connectivity index is 1.62. The summed E-state index contributed by atoms with van der Waals surface area (Å²) < 4.78 is 10.1. The van der Waals surface area contributed by atoms with Crippen molar-refractivity contribution in [3.8, 4) is 0 Å². The van der Waals surface area contributed by atoms with Gasteiger partial charge < -0.3 is 14.9 Å². The van der Waals surface area contributed by atoms with Gasteiger partial charge in [0.25, 0.3) is 0 Å². The fraction of sp³-hybridized carbons (Fsp3) is 0.105. The number of azo groups is 1. The molecule has 0 amide bonds. The Kier molecular flexibility index (Phi) is 5.75. The van der Waals surface area contributed by atoms with E-state index in [4.69, 9.17) is 9.84 Å². The molecule has 0 radical (unpaired) electrons. The molecule has 3 aromatic heterocycles. The highest BCUT2D eigenvalue weighted by Gasteiger charge is 2.33. The number of hydrazone groups is 1. The van der Waals surface area contributed by atoms with Crippen molar-refractivity contribution in [1.29, 1.82) is 0 Å². The van der Waals surface area contributed by atoms with E-state index < -0.39 is 17.9 Å². The lowest BCUT2D eigenvalue weighted by Gasteiger charge is -2.22. The van der Waals surface area contributed by atoms with Crippen molar-refractivity contribution in [3.05, 3.63) is 40.0 Å². The molecule has 1 aliphatic rings. The van der Waals surface area contributed by atoms with Crippen LogP contribution in [0.1, 0.15) is 33.6 Å². The number of esters is 1. The molecular weight excluding hydrogens is 518 g/mol. The summed E-state index contributed by atoms with van der Waals surface area (Å²) in [5, 5.41) is 35.9. The SMILES string of the molecule is CCOC(=O)C1=NN(c2nc(C(=O)O)cs2)c2ccc(N=Nc3nc(C(=O)O)cs3)c3snc1c23. The van der Waals surface area contributed by atoms with Crippen LogP contribution in [0, 0.1) is 0 Å². The van der Waals surface area contributed by atoms with E-state index in [-0.39, 0.29) is 34.0 Å². The van der Waals surface area contributed by atoms with E-state index in [1.54, 1.807) is 19.1 Å². The van der Waals surface area contributed by atoms with Crippen LogP contribution in [-0.4, -0.2) is 54.8 Å². The molecule has 176 valence electrons. The number of carbonyl (C=O) groups is 3. The van der Waals surface area contributed by atoms with Crippen molar-refractivity contribution in [2.45, 2.75) is 6.92 Å². The minimum Gasteiger partial charge on any atom is -0.476 e. The third-order valence-electron chi connectivity index (χ3n) is 4.55. The molecule has 0 atom stereocenters. The minimum atomic E-state index is -1.19. The van der Waals surface area contributed by atoms with E-state index >= 15 is 0 Å². The van der Waals surface area contributed by atoms with Crippen LogP contribution in [0.15, 0.2) is 38.2 Å². The third kappa shape index (κ3) is 4.02. The number of hydrogen-bond donors (Lipinski definition) is 2. The number of ether oxygens (including phenoxy) is 1. The van der Waals surface area contributed by atoms with Crippen molar-refractivity contribution in [2.75, 3.05) is 11.6 Å². The topological polar surface area (TPSA) is 180 Å². The highest BCUT2D eigenvalue weighted by atomic mass is 32.1. The quantitative estimate of drug-likeness (QED) is 0.257. The van der Waals surface area contributed by atoms with Crippen molar-refractivity contribution in [2.24, 2.45) is 15.3 Å². The van der Waals surface area contributed by atoms with Crippen LogP contribution in [0.4, 0.5) is 21.6 Å². The van der Waals surface area contributed by atoms with E-state index in [0.717, 1.165) is 34.2 Å². The summed E-state index contributed by atoms with van der Waals surface area (Å²) in [4.78, 5) is 43.0. The highest BCUT2D eigenvalue weighted by molar-refractivity contribution is 7.15. The summed E-state index contributed by atoms with van der Waals surface area (Å²) in [6.07, 6.45) is 0. The lowest BCUT2D eigenvalue weighted by atomic mass is 10.1. The van der Waals surface area contributed by atoms with Gasteiger partial charge in [0.15, 0.2) is 17.1 Å². The number of carbonyl (C=O) groups excluding carboxylic acids is 1. The lowest BCUT2D eigenvalue weighted by Crippen LogP contribution is -2.27. The Morgan fingerprint density at radius 1 is 1.06 bits per heavy atom. The number of anilines is 2. The van der Waals surface area contributed by atoms with E-state index in [2.05, 4.69) is 29.7 Å². The van der Waals surface area contributed by atoms with E-state index in [1.165, 1.54) is 15.8 Å². The second-order valence-electron chi connectivity index (χ2n) is 6.66. The molecule has 0 fully saturated rings. The van der Waals surface area contributed by atoms with Gasteiger partial charge in [-0.15, -0.1) is 32.9 Å². The molecule has 0 spiro atoms. The van der Waals surface area contributed by atoms with Crippen LogP contribution in [0.25, 0.3) is 10.1 Å². The average Bonchev–Trinajstić information content (AvgIpc) is 3.59. The second kappa shape index (κ2) is 8.90. The Morgan fingerprint density at radius 2 is 1.80 bits per heavy atom. The Hall–Kier alpha value is -4.15. The van der Waals surface area contributed by atoms with Crippen molar-refractivity contribution in [1.82, 2.24) is 14.3 Å². The predicted molar refractivity (Wildman–Crippen MR) is 127 cm³/mol. The van der Waals surface area contributed by atoms with E-state index in [1.807, 2.05) is 0 Å². The molecule has 1 aliphatic heterocycles. The number of thiazole rings is 2. The largest absolute Gasteiger partial charge is 0.476 e. The molecule has 4 heterocycles. The Morgan fingerprint density at radius 3 is 2.49 bits per heavy atom. The monoisotopic (exact) mass is 529 g/mol. The van der Waals surface area contributed by atoms with Crippen LogP contribution in [0.3, 0.4) is 0 Å². The number of benzene rings is 1. The first-order valence-corrected chi connectivity index (χ1v) is 12.2. The fourth-order valence-electron chi connectivity index (χ4n) is 3.09. The molecule has 0 saturated heterocycles. The first-order chi connectivity index (χ1) is 16.9. The zero-order valence-electron chi connectivity index (χ0n) is 17.4. The smallest absolute Gasteiger partial charge is 0.361 e. The zero-order chi connectivity index (χ0) is 24.7. The minimum absolute atomic E-state index is 0.0576. The number of carboxylic acids is 2. The number of hydrogen-bond acceptors (Lipinski definition) is 14. The summed E-state index contributed by atoms with van der Waals surface area (Å²) in [7, 11) is 0. The third-order valence-corrected chi connectivity index (χ3v) is 6.96. The van der Waals surface area contributed by atoms with Gasteiger partial charge in [-0.05, 0) is 30.6 Å². The van der Waals surface area contributed by atoms with Gasteiger partial charge in [-0.3, -0.25) is 0 Å². The Labute approximate surface area is 206 Å². The van der Waals surface area contributed by atoms with E-state index in [0.29, 0.717) is 27.2 Å². The molecule has 0 unspecified atom stereocenters. The van der Waals surface area contributed by atoms with Crippen LogP contribution < -0.4 is 5.01 Å². The number of aromatic nitrogens is 3. The molecule has 13 nitrogen and oxygen atoms in total. The molecule has 35 heavy (non-hydrogen) atoms. The molecule has 1 aromatic carbocycles. The maximum atomic E-state index is 12.7. The van der Waals surface area contributed by atoms with Crippen LogP contribution in [-0.2, 0) is 9.53 Å². The van der Waals surface area contributed by atoms with Gasteiger partial charge in [-0.2, -0.15) is 9.47 Å². The number of carboxylic acid groups (broad SMARTS) is 2. The first-order valence-electron chi connectivity index (χ1n) is 9.65. The fourth-order valence-corrected chi connectivity index (χ4v) is 5.31. The number of rotatable bonds is 7. The van der Waals surface area contributed by atoms with Crippen molar-refractivity contribution >= 4 is 89.5 Å². The van der Waals surface area contributed by atoms with Gasteiger partial charge in [-0.25, -0.2) is 29.4 Å². The van der Waals surface area contributed by atoms with Gasteiger partial charge in [0, 0.05) is 10.8 Å². The molecule has 2 N–H and O–H groups in total. The summed E-state index contributed by atoms with van der Waals surface area (Å²) in [5.41, 5.74) is 0.883. The normalized spacial score (nSPS) is 12.8. The lowest BCUT2D eigenvalue weighted by molar-refractivity contribution is -0.135. The van der Waals surface area contributed by atoms with Gasteiger partial charge >= 0.3 is 17.9 Å². The standard InChI is InChI=1S/C19H11N7O6S3/c1-2-32-17(31)13-12-11-10(26(24-13)19-21-9(6-34-19)16(29)30)4-3-7(14(11)35-25-12)22-23-18-20-8(5-33-18)15(27)28/h3-6H,2H2,1H3,(H,27,28)(H,29,30). The summed E-state index contributed by atoms with van der Waals surface area (Å²) >= 11 is 3.15. The molecule has 4 aromatic rings. The number of aromatic carboxylic acids is 2. The van der Waals surface area contributed by atoms with Crippen LogP contribution in [0.2, 0.25) is 0 Å². The van der Waals surface area contributed by atoms with Gasteiger partial charge in [-0.1, -0.05) is 0 Å². The summed E-state index contributed by atoms with van der Waals surface area (Å²) in [5.74, 6) is -3.05. The summed E-state index contributed by atoms with van der Waals surface area (Å²) in [6, 6.07) is 3.32. The zero-order valence-corrected chi connectivity index (χ0v) is 19.8. The molecule has 0 saturated carbocycles. The molecule has 16 heteroatoms. The van der Waals surface area contributed by atoms with Crippen LogP contribution in [0.5, 0.6) is 0 Å². The maximum Gasteiger partial charge on any atom is 0.361 e. The molecular formula is C19H11N7O6S3. The maximum absolute atomic E-state index is 12.7. The van der Waals surface area contributed by atoms with Crippen molar-refractivity contribution < 1.29 is 29.3 Å². The van der Waals surface area contributed by atoms with Crippen LogP contribution >= 0.6 is 34.2 Å². The highest BCUT2D eigenvalue weighted by Crippen LogP contribution is 2.45. The molecule has 0 bridgehead atoms. The second-order valence-corrected chi connectivity index (χ2v) is 9.11. The van der Waals surface area contributed by atoms with Gasteiger partial charge in [0.1, 0.15) is 11.4 Å². The summed E-state index contributed by atoms with van der Waals surface area (Å²) in [6.45, 7) is 1.79. The first kappa shape index (κ1) is 22.6. The van der Waals surface area contributed by atoms with Gasteiger partial charge in [0.05, 0.1) is 22.4 Å². The van der Waals surface area contributed by atoms with Crippen molar-refractivity contribution in [3.63, 3.8) is 0 Å². The van der Waals surface area contributed by atoms with E-state index in [9.17, 15) is 19.5 Å². The molecule has 0 aliphatic carbocycles. The predicted octanol–water partition coefficient (Wildman–Crippen LogP) is 4.44.